The van der Waals surface area contributed by atoms with Crippen molar-refractivity contribution in [3.63, 3.8) is 0 Å². The van der Waals surface area contributed by atoms with Gasteiger partial charge >= 0.3 is 0 Å². The predicted molar refractivity (Wildman–Crippen MR) is 67.6 cm³/mol. The van der Waals surface area contributed by atoms with Crippen molar-refractivity contribution < 1.29 is 13.2 Å². The molecule has 1 saturated carbocycles. The molecule has 6 heteroatoms. The van der Waals surface area contributed by atoms with Gasteiger partial charge in [0.05, 0.1) is 12.3 Å². The highest BCUT2D eigenvalue weighted by Crippen LogP contribution is 2.26. The summed E-state index contributed by atoms with van der Waals surface area (Å²) in [6.07, 6.45) is 2.20. The molecule has 0 aromatic rings. The summed E-state index contributed by atoms with van der Waals surface area (Å²) in [7, 11) is -2.93. The van der Waals surface area contributed by atoms with E-state index < -0.39 is 9.84 Å². The Hall–Kier alpha value is -0.620. The normalized spacial score (nSPS) is 15.9. The van der Waals surface area contributed by atoms with Gasteiger partial charge in [-0.25, -0.2) is 8.42 Å². The van der Waals surface area contributed by atoms with Crippen LogP contribution in [0.5, 0.6) is 0 Å². The van der Waals surface area contributed by atoms with Gasteiger partial charge in [0.1, 0.15) is 0 Å². The highest BCUT2D eigenvalue weighted by atomic mass is 32.2. The standard InChI is InChI=1S/C11H22N2O3S/c1-3-13(10-5-6-10)11(14)9-12-7-8-17(15,16)4-2/h10,12H,3-9H2,1-2H3. The van der Waals surface area contributed by atoms with Crippen LogP contribution in [0.15, 0.2) is 0 Å². The summed E-state index contributed by atoms with van der Waals surface area (Å²) in [5.74, 6) is 0.335. The second kappa shape index (κ2) is 6.35. The Morgan fingerprint density at radius 2 is 2.00 bits per heavy atom. The first-order valence-corrected chi connectivity index (χ1v) is 8.03. The average molecular weight is 262 g/mol. The summed E-state index contributed by atoms with van der Waals surface area (Å²) in [6, 6.07) is 0.425. The summed E-state index contributed by atoms with van der Waals surface area (Å²) in [5.41, 5.74) is 0. The van der Waals surface area contributed by atoms with Crippen molar-refractivity contribution in [3.05, 3.63) is 0 Å². The Morgan fingerprint density at radius 1 is 1.35 bits per heavy atom. The lowest BCUT2D eigenvalue weighted by Gasteiger charge is -2.20. The smallest absolute Gasteiger partial charge is 0.236 e. The summed E-state index contributed by atoms with van der Waals surface area (Å²) in [5, 5.41) is 2.90. The molecule has 1 fully saturated rings. The highest BCUT2D eigenvalue weighted by Gasteiger charge is 2.30. The second-order valence-electron chi connectivity index (χ2n) is 4.32. The molecule has 0 bridgehead atoms. The van der Waals surface area contributed by atoms with E-state index >= 15 is 0 Å². The largest absolute Gasteiger partial charge is 0.339 e. The molecule has 1 amide bonds. The fourth-order valence-electron chi connectivity index (χ4n) is 1.69. The Bertz CT molecular complexity index is 350. The van der Waals surface area contributed by atoms with Crippen molar-refractivity contribution in [2.45, 2.75) is 32.7 Å². The van der Waals surface area contributed by atoms with Crippen LogP contribution < -0.4 is 5.32 Å². The van der Waals surface area contributed by atoms with Crippen molar-refractivity contribution >= 4 is 15.7 Å². The van der Waals surface area contributed by atoms with E-state index in [2.05, 4.69) is 5.32 Å². The lowest BCUT2D eigenvalue weighted by molar-refractivity contribution is -0.130. The molecule has 17 heavy (non-hydrogen) atoms. The number of rotatable bonds is 8. The van der Waals surface area contributed by atoms with Crippen LogP contribution in [-0.4, -0.2) is 56.4 Å². The number of carbonyl (C=O) groups excluding carboxylic acids is 1. The van der Waals surface area contributed by atoms with Crippen molar-refractivity contribution in [3.8, 4) is 0 Å². The average Bonchev–Trinajstić information content (AvgIpc) is 3.10. The first kappa shape index (κ1) is 14.4. The van der Waals surface area contributed by atoms with Gasteiger partial charge in [0.25, 0.3) is 0 Å². The first-order valence-electron chi connectivity index (χ1n) is 6.20. The zero-order valence-corrected chi connectivity index (χ0v) is 11.4. The third kappa shape index (κ3) is 5.04. The number of hydrogen-bond donors (Lipinski definition) is 1. The molecule has 0 aromatic heterocycles. The van der Waals surface area contributed by atoms with Gasteiger partial charge in [-0.1, -0.05) is 6.92 Å². The maximum atomic E-state index is 11.8. The number of amides is 1. The van der Waals surface area contributed by atoms with Gasteiger partial charge in [-0.15, -0.1) is 0 Å². The van der Waals surface area contributed by atoms with Gasteiger partial charge in [0.15, 0.2) is 9.84 Å². The molecule has 1 aliphatic carbocycles. The third-order valence-electron chi connectivity index (χ3n) is 2.95. The predicted octanol–water partition coefficient (Wildman–Crippen LogP) is 0.0216. The minimum absolute atomic E-state index is 0.0731. The Kier molecular flexibility index (Phi) is 5.39. The lowest BCUT2D eigenvalue weighted by atomic mass is 10.4. The molecule has 100 valence electrons. The van der Waals surface area contributed by atoms with Crippen LogP contribution in [0.4, 0.5) is 0 Å². The number of nitrogens with one attached hydrogen (secondary N) is 1. The van der Waals surface area contributed by atoms with Gasteiger partial charge < -0.3 is 10.2 Å². The molecular weight excluding hydrogens is 240 g/mol. The van der Waals surface area contributed by atoms with Crippen molar-refractivity contribution in [1.29, 1.82) is 0 Å². The molecule has 1 N–H and O–H groups in total. The molecule has 0 heterocycles. The summed E-state index contributed by atoms with van der Waals surface area (Å²) >= 11 is 0. The summed E-state index contributed by atoms with van der Waals surface area (Å²) in [4.78, 5) is 13.6. The van der Waals surface area contributed by atoms with E-state index in [1.54, 1.807) is 6.92 Å². The van der Waals surface area contributed by atoms with E-state index in [-0.39, 0.29) is 24.0 Å². The first-order chi connectivity index (χ1) is 8.00. The van der Waals surface area contributed by atoms with Crippen LogP contribution >= 0.6 is 0 Å². The quantitative estimate of drug-likeness (QED) is 0.626. The molecular formula is C11H22N2O3S. The van der Waals surface area contributed by atoms with Crippen molar-refractivity contribution in [2.24, 2.45) is 0 Å². The van der Waals surface area contributed by atoms with E-state index in [0.717, 1.165) is 19.4 Å². The van der Waals surface area contributed by atoms with Gasteiger partial charge in [0, 0.05) is 24.9 Å². The van der Waals surface area contributed by atoms with Crippen LogP contribution in [0.2, 0.25) is 0 Å². The van der Waals surface area contributed by atoms with Crippen LogP contribution in [-0.2, 0) is 14.6 Å². The van der Waals surface area contributed by atoms with E-state index in [0.29, 0.717) is 12.6 Å². The maximum absolute atomic E-state index is 11.8. The number of nitrogens with zero attached hydrogens (tertiary/aromatic N) is 1. The topological polar surface area (TPSA) is 66.5 Å². The van der Waals surface area contributed by atoms with Crippen LogP contribution in [0.25, 0.3) is 0 Å². The van der Waals surface area contributed by atoms with Crippen LogP contribution in [0, 0.1) is 0 Å². The summed E-state index contributed by atoms with van der Waals surface area (Å²) in [6.45, 7) is 4.93. The minimum Gasteiger partial charge on any atom is -0.339 e. The molecule has 0 spiro atoms. The second-order valence-corrected chi connectivity index (χ2v) is 6.80. The molecule has 1 aliphatic rings. The Labute approximate surface area is 103 Å². The molecule has 0 unspecified atom stereocenters. The zero-order valence-electron chi connectivity index (χ0n) is 10.6. The number of likely N-dealkylation sites (N-methyl/N-ethyl adjacent to an activating group) is 1. The maximum Gasteiger partial charge on any atom is 0.236 e. The van der Waals surface area contributed by atoms with Gasteiger partial charge in [-0.3, -0.25) is 4.79 Å². The molecule has 0 saturated heterocycles. The van der Waals surface area contributed by atoms with Crippen LogP contribution in [0.1, 0.15) is 26.7 Å². The number of hydrogen-bond acceptors (Lipinski definition) is 4. The molecule has 0 radical (unpaired) electrons. The lowest BCUT2D eigenvalue weighted by Crippen LogP contribution is -2.40. The molecule has 0 aliphatic heterocycles. The fourth-order valence-corrected chi connectivity index (χ4v) is 2.44. The van der Waals surface area contributed by atoms with Crippen molar-refractivity contribution in [1.82, 2.24) is 10.2 Å². The molecule has 5 nitrogen and oxygen atoms in total. The minimum atomic E-state index is -2.93. The number of carbonyl (C=O) groups is 1. The van der Waals surface area contributed by atoms with E-state index in [1.807, 2.05) is 11.8 Å². The van der Waals surface area contributed by atoms with E-state index in [4.69, 9.17) is 0 Å². The van der Waals surface area contributed by atoms with E-state index in [1.165, 1.54) is 0 Å². The fraction of sp³-hybridized carbons (Fsp3) is 0.909. The van der Waals surface area contributed by atoms with Gasteiger partial charge in [-0.05, 0) is 19.8 Å². The highest BCUT2D eigenvalue weighted by molar-refractivity contribution is 7.91. The molecule has 1 rings (SSSR count). The van der Waals surface area contributed by atoms with Gasteiger partial charge in [-0.2, -0.15) is 0 Å². The Morgan fingerprint density at radius 3 is 2.47 bits per heavy atom. The zero-order chi connectivity index (χ0) is 12.9. The number of sulfone groups is 1. The Balaban J connectivity index is 2.19. The van der Waals surface area contributed by atoms with Crippen molar-refractivity contribution in [2.75, 3.05) is 31.1 Å². The third-order valence-corrected chi connectivity index (χ3v) is 4.66. The van der Waals surface area contributed by atoms with Gasteiger partial charge in [0.2, 0.25) is 5.91 Å². The molecule has 0 atom stereocenters. The van der Waals surface area contributed by atoms with E-state index in [9.17, 15) is 13.2 Å². The summed E-state index contributed by atoms with van der Waals surface area (Å²) < 4.78 is 22.4. The SMILES string of the molecule is CCN(C(=O)CNCCS(=O)(=O)CC)C1CC1. The monoisotopic (exact) mass is 262 g/mol. The molecule has 0 aromatic carbocycles. The van der Waals surface area contributed by atoms with Crippen LogP contribution in [0.3, 0.4) is 0 Å².